The van der Waals surface area contributed by atoms with Crippen LogP contribution in [0.1, 0.15) is 57.0 Å². The number of ether oxygens (including phenoxy) is 2. The molecule has 0 aromatic heterocycles. The number of benzene rings is 4. The molecule has 11 heteroatoms. The first-order chi connectivity index (χ1) is 21.6. The summed E-state index contributed by atoms with van der Waals surface area (Å²) in [4.78, 5) is 14.5. The zero-order chi connectivity index (χ0) is 32.1. The summed E-state index contributed by atoms with van der Waals surface area (Å²) in [6.07, 6.45) is -0.642. The normalized spacial score (nSPS) is 18.3. The third-order valence-electron chi connectivity index (χ3n) is 7.57. The van der Waals surface area contributed by atoms with Gasteiger partial charge in [0, 0.05) is 31.6 Å². The first-order valence-electron chi connectivity index (χ1n) is 14.3. The highest BCUT2D eigenvalue weighted by molar-refractivity contribution is 5.94. The molecule has 0 bridgehead atoms. The van der Waals surface area contributed by atoms with Crippen molar-refractivity contribution >= 4 is 5.91 Å². The molecule has 5 rings (SSSR count). The van der Waals surface area contributed by atoms with E-state index < -0.39 is 46.8 Å². The quantitative estimate of drug-likeness (QED) is 0.120. The zero-order valence-corrected chi connectivity index (χ0v) is 24.3. The largest absolute Gasteiger partial charge is 0.392 e. The maximum absolute atomic E-state index is 14.0. The van der Waals surface area contributed by atoms with Crippen LogP contribution in [0.15, 0.2) is 78.9 Å². The molecule has 0 aliphatic carbocycles. The Labute approximate surface area is 257 Å². The molecule has 1 fully saturated rings. The van der Waals surface area contributed by atoms with Crippen LogP contribution in [-0.4, -0.2) is 35.6 Å². The highest BCUT2D eigenvalue weighted by Gasteiger charge is 2.33. The van der Waals surface area contributed by atoms with E-state index >= 15 is 0 Å². The van der Waals surface area contributed by atoms with E-state index in [1.807, 2.05) is 49.5 Å². The number of hydrogen-bond acceptors (Lipinski definition) is 5. The minimum Gasteiger partial charge on any atom is -0.392 e. The molecule has 0 spiro atoms. The van der Waals surface area contributed by atoms with Gasteiger partial charge in [-0.2, -0.15) is 0 Å². The second-order valence-corrected chi connectivity index (χ2v) is 10.9. The van der Waals surface area contributed by atoms with Crippen molar-refractivity contribution in [2.24, 2.45) is 0 Å². The number of likely N-dealkylation sites (N-methyl/N-ethyl adjacent to an activating group) is 1. The molecule has 45 heavy (non-hydrogen) atoms. The van der Waals surface area contributed by atoms with E-state index in [4.69, 9.17) is 9.47 Å². The van der Waals surface area contributed by atoms with Crippen LogP contribution in [0.25, 0.3) is 0 Å². The molecule has 0 saturated carbocycles. The van der Waals surface area contributed by atoms with Crippen LogP contribution in [0.3, 0.4) is 0 Å². The molecule has 2 N–H and O–H groups in total. The van der Waals surface area contributed by atoms with Crippen LogP contribution in [0.2, 0.25) is 0 Å². The summed E-state index contributed by atoms with van der Waals surface area (Å²) in [7, 11) is 2.02. The van der Waals surface area contributed by atoms with Crippen LogP contribution < -0.4 is 5.32 Å². The maximum Gasteiger partial charge on any atom is 0.257 e. The lowest BCUT2D eigenvalue weighted by molar-refractivity contribution is -0.252. The highest BCUT2D eigenvalue weighted by Crippen LogP contribution is 2.38. The van der Waals surface area contributed by atoms with E-state index in [0.717, 1.165) is 17.7 Å². The van der Waals surface area contributed by atoms with Crippen molar-refractivity contribution < 1.29 is 41.3 Å². The second kappa shape index (κ2) is 14.3. The summed E-state index contributed by atoms with van der Waals surface area (Å²) in [6.45, 7) is 1.05. The summed E-state index contributed by atoms with van der Waals surface area (Å²) in [6, 6.07) is 24.3. The molecule has 236 valence electrons. The molecule has 4 aromatic carbocycles. The Balaban J connectivity index is 1.29. The standard InChI is InChI=1S/C34H31F5N2O4/c1-41(17-21-5-3-2-4-6-21)18-25-15-26(23-11-9-22(19-42)10-12-23)45-34(44-25)24-13-7-20(8-14-24)16-40-33(43)27-28(35)30(37)32(39)31(38)29(27)36/h2-14,25-26,34,42H,15-19H2,1H3,(H,40,43). The number of hydrogen-bond donors (Lipinski definition) is 2. The summed E-state index contributed by atoms with van der Waals surface area (Å²) in [5.74, 6) is -12.6. The molecule has 1 amide bonds. The van der Waals surface area contributed by atoms with E-state index in [1.165, 1.54) is 5.56 Å². The van der Waals surface area contributed by atoms with Gasteiger partial charge in [0.25, 0.3) is 5.91 Å². The molecule has 3 atom stereocenters. The van der Waals surface area contributed by atoms with Crippen molar-refractivity contribution in [3.63, 3.8) is 0 Å². The Bertz CT molecular complexity index is 1590. The van der Waals surface area contributed by atoms with Crippen molar-refractivity contribution in [1.29, 1.82) is 0 Å². The van der Waals surface area contributed by atoms with Gasteiger partial charge in [0.2, 0.25) is 5.82 Å². The first kappa shape index (κ1) is 32.2. The molecule has 1 heterocycles. The Morgan fingerprint density at radius 2 is 1.36 bits per heavy atom. The summed E-state index contributed by atoms with van der Waals surface area (Å²) in [5, 5.41) is 11.6. The van der Waals surface area contributed by atoms with Gasteiger partial charge in [-0.1, -0.05) is 78.9 Å². The van der Waals surface area contributed by atoms with Crippen LogP contribution in [0.5, 0.6) is 0 Å². The zero-order valence-electron chi connectivity index (χ0n) is 24.3. The van der Waals surface area contributed by atoms with Crippen molar-refractivity contribution in [3.8, 4) is 0 Å². The number of rotatable bonds is 10. The van der Waals surface area contributed by atoms with Gasteiger partial charge in [-0.15, -0.1) is 0 Å². The number of carbonyl (C=O) groups is 1. The van der Waals surface area contributed by atoms with E-state index in [1.54, 1.807) is 24.3 Å². The smallest absolute Gasteiger partial charge is 0.257 e. The number of nitrogens with zero attached hydrogens (tertiary/aromatic N) is 1. The topological polar surface area (TPSA) is 71.0 Å². The number of carbonyl (C=O) groups excluding carboxylic acids is 1. The van der Waals surface area contributed by atoms with E-state index in [0.29, 0.717) is 24.1 Å². The molecule has 3 unspecified atom stereocenters. The fourth-order valence-corrected chi connectivity index (χ4v) is 5.21. The van der Waals surface area contributed by atoms with Crippen LogP contribution >= 0.6 is 0 Å². The van der Waals surface area contributed by atoms with Crippen LogP contribution in [0, 0.1) is 29.1 Å². The molecule has 1 aliphatic heterocycles. The number of halogens is 5. The lowest BCUT2D eigenvalue weighted by Gasteiger charge is -2.38. The van der Waals surface area contributed by atoms with Crippen molar-refractivity contribution in [2.75, 3.05) is 13.6 Å². The summed E-state index contributed by atoms with van der Waals surface area (Å²) in [5.41, 5.74) is 2.52. The average Bonchev–Trinajstić information content (AvgIpc) is 3.06. The molecule has 0 radical (unpaired) electrons. The van der Waals surface area contributed by atoms with Gasteiger partial charge in [-0.05, 0) is 29.3 Å². The van der Waals surface area contributed by atoms with Gasteiger partial charge >= 0.3 is 0 Å². The van der Waals surface area contributed by atoms with Gasteiger partial charge in [0.1, 0.15) is 5.56 Å². The average molecular weight is 627 g/mol. The van der Waals surface area contributed by atoms with Gasteiger partial charge in [0.05, 0.1) is 18.8 Å². The number of aliphatic hydroxyl groups is 1. The number of amides is 1. The lowest BCUT2D eigenvalue weighted by atomic mass is 9.99. The van der Waals surface area contributed by atoms with Gasteiger partial charge in [0.15, 0.2) is 29.6 Å². The molecule has 1 aliphatic rings. The second-order valence-electron chi connectivity index (χ2n) is 10.9. The van der Waals surface area contributed by atoms with Gasteiger partial charge < -0.3 is 19.9 Å². The number of aliphatic hydroxyl groups excluding tert-OH is 1. The van der Waals surface area contributed by atoms with Crippen LogP contribution in [0.4, 0.5) is 22.0 Å². The van der Waals surface area contributed by atoms with Gasteiger partial charge in [-0.25, -0.2) is 22.0 Å². The predicted octanol–water partition coefficient (Wildman–Crippen LogP) is 6.48. The Kier molecular flexibility index (Phi) is 10.2. The molecular weight excluding hydrogens is 595 g/mol. The van der Waals surface area contributed by atoms with Gasteiger partial charge in [-0.3, -0.25) is 9.69 Å². The van der Waals surface area contributed by atoms with E-state index in [-0.39, 0.29) is 25.4 Å². The molecule has 1 saturated heterocycles. The predicted molar refractivity (Wildman–Crippen MR) is 155 cm³/mol. The summed E-state index contributed by atoms with van der Waals surface area (Å²) >= 11 is 0. The third-order valence-corrected chi connectivity index (χ3v) is 7.57. The number of nitrogens with one attached hydrogen (secondary N) is 1. The van der Waals surface area contributed by atoms with E-state index in [2.05, 4.69) is 22.3 Å². The fourth-order valence-electron chi connectivity index (χ4n) is 5.21. The van der Waals surface area contributed by atoms with Crippen LogP contribution in [-0.2, 0) is 29.2 Å². The van der Waals surface area contributed by atoms with E-state index in [9.17, 15) is 31.9 Å². The molecule has 6 nitrogen and oxygen atoms in total. The summed E-state index contributed by atoms with van der Waals surface area (Å²) < 4.78 is 81.2. The Morgan fingerprint density at radius 1 is 0.778 bits per heavy atom. The third kappa shape index (κ3) is 7.56. The highest BCUT2D eigenvalue weighted by atomic mass is 19.2. The minimum atomic E-state index is -2.33. The molecule has 4 aromatic rings. The Hall–Kier alpha value is -4.16. The minimum absolute atomic E-state index is 0.0706. The van der Waals surface area contributed by atoms with Crippen molar-refractivity contribution in [2.45, 2.75) is 44.6 Å². The molecular formula is C34H31F5N2O4. The van der Waals surface area contributed by atoms with Crippen molar-refractivity contribution in [3.05, 3.63) is 141 Å². The SMILES string of the molecule is CN(Cc1ccccc1)CC1CC(c2ccc(CO)cc2)OC(c2ccc(CNC(=O)c3c(F)c(F)c(F)c(F)c3F)cc2)O1. The van der Waals surface area contributed by atoms with Crippen molar-refractivity contribution in [1.82, 2.24) is 10.2 Å². The Morgan fingerprint density at radius 3 is 1.98 bits per heavy atom. The lowest BCUT2D eigenvalue weighted by Crippen LogP contribution is -2.37. The first-order valence-corrected chi connectivity index (χ1v) is 14.3. The maximum atomic E-state index is 14.0. The monoisotopic (exact) mass is 626 g/mol. The fraction of sp³-hybridized carbons (Fsp3) is 0.265.